The largest absolute Gasteiger partial charge is 0.480 e. The first-order chi connectivity index (χ1) is 11.8. The highest BCUT2D eigenvalue weighted by atomic mass is 16.4. The summed E-state index contributed by atoms with van der Waals surface area (Å²) < 4.78 is 0. The normalized spacial score (nSPS) is 13.2. The molecule has 4 N–H and O–H groups in total. The number of hydrogen-bond acceptors (Lipinski definition) is 4. The predicted molar refractivity (Wildman–Crippen MR) is 93.0 cm³/mol. The summed E-state index contributed by atoms with van der Waals surface area (Å²) in [6.45, 7) is 4.10. The van der Waals surface area contributed by atoms with Crippen molar-refractivity contribution in [3.8, 4) is 0 Å². The van der Waals surface area contributed by atoms with Crippen LogP contribution in [-0.2, 0) is 20.9 Å². The zero-order valence-electron chi connectivity index (χ0n) is 14.6. The summed E-state index contributed by atoms with van der Waals surface area (Å²) >= 11 is 0. The standard InChI is InChI=1S/C18H26N2O5/c1-12(2)10-15(18(24)25)20-14(17(22)23)8-9-16(21)19-11-13-6-4-3-5-7-13/h3-7,12,14-15,20H,8-11H2,1-2H3,(H,19,21)(H,22,23)(H,24,25). The minimum Gasteiger partial charge on any atom is -0.480 e. The van der Waals surface area contributed by atoms with E-state index in [1.54, 1.807) is 0 Å². The number of carbonyl (C=O) groups is 3. The summed E-state index contributed by atoms with van der Waals surface area (Å²) in [7, 11) is 0. The first-order valence-electron chi connectivity index (χ1n) is 8.32. The molecule has 0 heterocycles. The van der Waals surface area contributed by atoms with Gasteiger partial charge in [-0.2, -0.15) is 0 Å². The lowest BCUT2D eigenvalue weighted by Crippen LogP contribution is -2.48. The Bertz CT molecular complexity index is 574. The zero-order chi connectivity index (χ0) is 18.8. The number of rotatable bonds is 11. The van der Waals surface area contributed by atoms with Gasteiger partial charge in [-0.3, -0.25) is 19.7 Å². The molecule has 2 unspecified atom stereocenters. The molecule has 7 heteroatoms. The van der Waals surface area contributed by atoms with Gasteiger partial charge in [-0.05, 0) is 24.3 Å². The summed E-state index contributed by atoms with van der Waals surface area (Å²) in [6.07, 6.45) is 0.349. The molecule has 2 atom stereocenters. The monoisotopic (exact) mass is 350 g/mol. The smallest absolute Gasteiger partial charge is 0.320 e. The highest BCUT2D eigenvalue weighted by Crippen LogP contribution is 2.08. The summed E-state index contributed by atoms with van der Waals surface area (Å²) in [5.41, 5.74) is 0.951. The molecule has 0 aromatic heterocycles. The molecule has 0 bridgehead atoms. The van der Waals surface area contributed by atoms with E-state index in [1.165, 1.54) is 0 Å². The zero-order valence-corrected chi connectivity index (χ0v) is 14.6. The highest BCUT2D eigenvalue weighted by molar-refractivity contribution is 5.79. The van der Waals surface area contributed by atoms with Gasteiger partial charge in [-0.25, -0.2) is 0 Å². The second-order valence-electron chi connectivity index (χ2n) is 6.38. The maximum absolute atomic E-state index is 11.9. The SMILES string of the molecule is CC(C)CC(NC(CCC(=O)NCc1ccccc1)C(=O)O)C(=O)O. The van der Waals surface area contributed by atoms with Gasteiger partial charge in [0, 0.05) is 13.0 Å². The van der Waals surface area contributed by atoms with E-state index < -0.39 is 24.0 Å². The number of nitrogens with one attached hydrogen (secondary N) is 2. The van der Waals surface area contributed by atoms with Gasteiger partial charge in [-0.1, -0.05) is 44.2 Å². The lowest BCUT2D eigenvalue weighted by Gasteiger charge is -2.21. The number of amides is 1. The van der Waals surface area contributed by atoms with Gasteiger partial charge in [0.05, 0.1) is 0 Å². The fraction of sp³-hybridized carbons (Fsp3) is 0.500. The number of carboxylic acid groups (broad SMARTS) is 2. The van der Waals surface area contributed by atoms with Crippen LogP contribution in [0.25, 0.3) is 0 Å². The second-order valence-corrected chi connectivity index (χ2v) is 6.38. The van der Waals surface area contributed by atoms with Crippen molar-refractivity contribution >= 4 is 17.8 Å². The van der Waals surface area contributed by atoms with Gasteiger partial charge >= 0.3 is 11.9 Å². The Kier molecular flexibility index (Phi) is 8.63. The first-order valence-corrected chi connectivity index (χ1v) is 8.32. The van der Waals surface area contributed by atoms with Crippen LogP contribution in [0.4, 0.5) is 0 Å². The quantitative estimate of drug-likeness (QED) is 0.482. The number of carboxylic acids is 2. The number of hydrogen-bond donors (Lipinski definition) is 4. The third-order valence-corrected chi connectivity index (χ3v) is 3.70. The van der Waals surface area contributed by atoms with Crippen LogP contribution in [0.2, 0.25) is 0 Å². The Balaban J connectivity index is 2.49. The van der Waals surface area contributed by atoms with Gasteiger partial charge in [0.1, 0.15) is 12.1 Å². The molecule has 25 heavy (non-hydrogen) atoms. The maximum Gasteiger partial charge on any atom is 0.320 e. The minimum absolute atomic E-state index is 0.00478. The van der Waals surface area contributed by atoms with Crippen LogP contribution in [0.3, 0.4) is 0 Å². The molecule has 0 aliphatic rings. The van der Waals surface area contributed by atoms with E-state index in [4.69, 9.17) is 0 Å². The van der Waals surface area contributed by atoms with Gasteiger partial charge < -0.3 is 15.5 Å². The van der Waals surface area contributed by atoms with Crippen LogP contribution in [0.15, 0.2) is 30.3 Å². The molecule has 1 aromatic rings. The maximum atomic E-state index is 11.9. The van der Waals surface area contributed by atoms with Crippen LogP contribution in [-0.4, -0.2) is 40.1 Å². The molecule has 0 saturated carbocycles. The molecule has 1 aromatic carbocycles. The Morgan fingerprint density at radius 1 is 1.00 bits per heavy atom. The van der Waals surface area contributed by atoms with Gasteiger partial charge in [0.25, 0.3) is 0 Å². The van der Waals surface area contributed by atoms with Crippen molar-refractivity contribution < 1.29 is 24.6 Å². The lowest BCUT2D eigenvalue weighted by atomic mass is 10.0. The molecule has 0 aliphatic heterocycles. The molecule has 0 radical (unpaired) electrons. The van der Waals surface area contributed by atoms with Crippen molar-refractivity contribution in [3.63, 3.8) is 0 Å². The number of benzene rings is 1. The van der Waals surface area contributed by atoms with E-state index in [1.807, 2.05) is 44.2 Å². The third-order valence-electron chi connectivity index (χ3n) is 3.70. The molecule has 1 amide bonds. The fourth-order valence-electron chi connectivity index (χ4n) is 2.39. The van der Waals surface area contributed by atoms with Crippen molar-refractivity contribution in [2.45, 2.75) is 51.7 Å². The molecule has 0 aliphatic carbocycles. The van der Waals surface area contributed by atoms with Crippen molar-refractivity contribution in [1.82, 2.24) is 10.6 Å². The van der Waals surface area contributed by atoms with Gasteiger partial charge in [0.15, 0.2) is 0 Å². The topological polar surface area (TPSA) is 116 Å². The Hall–Kier alpha value is -2.41. The van der Waals surface area contributed by atoms with Crippen molar-refractivity contribution in [2.24, 2.45) is 5.92 Å². The molecule has 1 rings (SSSR count). The third kappa shape index (κ3) is 8.30. The van der Waals surface area contributed by atoms with E-state index in [0.29, 0.717) is 13.0 Å². The molecular formula is C18H26N2O5. The first kappa shape index (κ1) is 20.6. The Labute approximate surface area is 147 Å². The average Bonchev–Trinajstić information content (AvgIpc) is 2.55. The van der Waals surface area contributed by atoms with Crippen LogP contribution in [0.1, 0.15) is 38.7 Å². The van der Waals surface area contributed by atoms with E-state index in [9.17, 15) is 24.6 Å². The van der Waals surface area contributed by atoms with E-state index >= 15 is 0 Å². The second kappa shape index (κ2) is 10.5. The fourth-order valence-corrected chi connectivity index (χ4v) is 2.39. The summed E-state index contributed by atoms with van der Waals surface area (Å²) in [5.74, 6) is -2.41. The van der Waals surface area contributed by atoms with Gasteiger partial charge in [0.2, 0.25) is 5.91 Å². The van der Waals surface area contributed by atoms with Crippen molar-refractivity contribution in [2.75, 3.05) is 0 Å². The summed E-state index contributed by atoms with van der Waals surface area (Å²) in [5, 5.41) is 23.8. The molecule has 0 saturated heterocycles. The Morgan fingerprint density at radius 2 is 1.60 bits per heavy atom. The van der Waals surface area contributed by atoms with Crippen LogP contribution in [0, 0.1) is 5.92 Å². The van der Waals surface area contributed by atoms with Crippen molar-refractivity contribution in [1.29, 1.82) is 0 Å². The van der Waals surface area contributed by atoms with E-state index in [2.05, 4.69) is 10.6 Å². The minimum atomic E-state index is -1.16. The molecule has 0 spiro atoms. The molecule has 7 nitrogen and oxygen atoms in total. The highest BCUT2D eigenvalue weighted by Gasteiger charge is 2.26. The molecule has 0 fully saturated rings. The van der Waals surface area contributed by atoms with Crippen LogP contribution in [0.5, 0.6) is 0 Å². The van der Waals surface area contributed by atoms with E-state index in [0.717, 1.165) is 5.56 Å². The molecule has 138 valence electrons. The Morgan fingerprint density at radius 3 is 2.12 bits per heavy atom. The predicted octanol–water partition coefficient (Wildman–Crippen LogP) is 1.63. The van der Waals surface area contributed by atoms with Gasteiger partial charge in [-0.15, -0.1) is 0 Å². The lowest BCUT2D eigenvalue weighted by molar-refractivity contribution is -0.143. The molecular weight excluding hydrogens is 324 g/mol. The summed E-state index contributed by atoms with van der Waals surface area (Å²) in [4.78, 5) is 34.5. The van der Waals surface area contributed by atoms with E-state index in [-0.39, 0.29) is 24.7 Å². The summed E-state index contributed by atoms with van der Waals surface area (Å²) in [6, 6.07) is 7.34. The van der Waals surface area contributed by atoms with Crippen molar-refractivity contribution in [3.05, 3.63) is 35.9 Å². The number of aliphatic carboxylic acids is 2. The average molecular weight is 350 g/mol. The van der Waals surface area contributed by atoms with Crippen LogP contribution >= 0.6 is 0 Å². The van der Waals surface area contributed by atoms with Crippen LogP contribution < -0.4 is 10.6 Å². The number of carbonyl (C=O) groups excluding carboxylic acids is 1.